The molecule has 0 aliphatic heterocycles. The van der Waals surface area contributed by atoms with Crippen molar-refractivity contribution < 1.29 is 14.3 Å². The monoisotopic (exact) mass is 493 g/mol. The second kappa shape index (κ2) is 10.2. The van der Waals surface area contributed by atoms with Gasteiger partial charge in [-0.15, -0.1) is 11.3 Å². The predicted octanol–water partition coefficient (Wildman–Crippen LogP) is 4.88. The quantitative estimate of drug-likeness (QED) is 0.224. The molecule has 1 N–H and O–H groups in total. The highest BCUT2D eigenvalue weighted by Gasteiger charge is 2.16. The van der Waals surface area contributed by atoms with Crippen LogP contribution >= 0.6 is 23.1 Å². The van der Waals surface area contributed by atoms with Crippen LogP contribution in [-0.2, 0) is 16.6 Å². The van der Waals surface area contributed by atoms with Gasteiger partial charge in [-0.2, -0.15) is 0 Å². The number of benzene rings is 2. The van der Waals surface area contributed by atoms with Crippen LogP contribution in [-0.4, -0.2) is 33.8 Å². The number of nitrogens with one attached hydrogen (secondary N) is 1. The molecular formula is C25H23N3O4S2. The highest BCUT2D eigenvalue weighted by Crippen LogP contribution is 2.32. The van der Waals surface area contributed by atoms with Gasteiger partial charge in [0, 0.05) is 23.7 Å². The lowest BCUT2D eigenvalue weighted by Gasteiger charge is -2.09. The molecule has 4 aromatic rings. The van der Waals surface area contributed by atoms with Gasteiger partial charge in [-0.3, -0.25) is 14.2 Å². The summed E-state index contributed by atoms with van der Waals surface area (Å²) >= 11 is 2.58. The molecule has 9 heteroatoms. The van der Waals surface area contributed by atoms with Crippen LogP contribution in [0.3, 0.4) is 0 Å². The van der Waals surface area contributed by atoms with Crippen LogP contribution in [0.25, 0.3) is 21.3 Å². The number of amides is 1. The minimum absolute atomic E-state index is 0.0788. The van der Waals surface area contributed by atoms with Gasteiger partial charge in [-0.05, 0) is 43.7 Å². The smallest absolute Gasteiger partial charge is 0.338 e. The minimum atomic E-state index is -0.406. The first-order valence-corrected chi connectivity index (χ1v) is 12.5. The molecule has 0 aliphatic rings. The van der Waals surface area contributed by atoms with E-state index in [0.717, 1.165) is 16.7 Å². The van der Waals surface area contributed by atoms with E-state index in [-0.39, 0.29) is 17.2 Å². The summed E-state index contributed by atoms with van der Waals surface area (Å²) in [6.45, 7) is 4.07. The third kappa shape index (κ3) is 5.05. The number of carbonyl (C=O) groups is 2. The Morgan fingerprint density at radius 2 is 1.82 bits per heavy atom. The molecule has 0 aliphatic carbocycles. The topological polar surface area (TPSA) is 90.3 Å². The summed E-state index contributed by atoms with van der Waals surface area (Å²) in [6.07, 6.45) is 0. The van der Waals surface area contributed by atoms with Crippen molar-refractivity contribution in [1.29, 1.82) is 0 Å². The highest BCUT2D eigenvalue weighted by molar-refractivity contribution is 7.99. The Kier molecular flexibility index (Phi) is 7.14. The van der Waals surface area contributed by atoms with Crippen LogP contribution in [0.4, 0.5) is 5.69 Å². The molecule has 4 rings (SSSR count). The Labute approximate surface area is 204 Å². The second-order valence-electron chi connectivity index (χ2n) is 7.59. The summed E-state index contributed by atoms with van der Waals surface area (Å²) in [4.78, 5) is 41.9. The molecule has 2 aromatic carbocycles. The minimum Gasteiger partial charge on any atom is -0.462 e. The van der Waals surface area contributed by atoms with Crippen molar-refractivity contribution in [3.8, 4) is 11.1 Å². The molecule has 0 unspecified atom stereocenters. The van der Waals surface area contributed by atoms with Gasteiger partial charge >= 0.3 is 5.97 Å². The number of rotatable bonds is 7. The van der Waals surface area contributed by atoms with Crippen molar-refractivity contribution in [3.05, 3.63) is 75.4 Å². The van der Waals surface area contributed by atoms with E-state index in [1.165, 1.54) is 27.7 Å². The molecule has 34 heavy (non-hydrogen) atoms. The summed E-state index contributed by atoms with van der Waals surface area (Å²) in [5, 5.41) is 5.21. The first kappa shape index (κ1) is 23.7. The summed E-state index contributed by atoms with van der Waals surface area (Å²) in [5.74, 6) is -0.570. The zero-order chi connectivity index (χ0) is 24.2. The Morgan fingerprint density at radius 3 is 2.50 bits per heavy atom. The molecule has 7 nitrogen and oxygen atoms in total. The van der Waals surface area contributed by atoms with Crippen molar-refractivity contribution in [2.45, 2.75) is 19.0 Å². The summed E-state index contributed by atoms with van der Waals surface area (Å²) < 4.78 is 7.03. The van der Waals surface area contributed by atoms with E-state index >= 15 is 0 Å². The van der Waals surface area contributed by atoms with Gasteiger partial charge in [-0.1, -0.05) is 41.6 Å². The van der Waals surface area contributed by atoms with Gasteiger partial charge < -0.3 is 10.1 Å². The number of thiophene rings is 1. The van der Waals surface area contributed by atoms with Crippen LogP contribution in [0, 0.1) is 6.92 Å². The number of hydrogen-bond donors (Lipinski definition) is 1. The Bertz CT molecular complexity index is 1410. The van der Waals surface area contributed by atoms with E-state index in [0.29, 0.717) is 33.2 Å². The SMILES string of the molecule is CCOC(=O)c1ccc(NC(=O)CSc2nc3c(-c4ccc(C)cc4)csc3c(=O)n2C)cc1. The van der Waals surface area contributed by atoms with Crippen LogP contribution < -0.4 is 10.9 Å². The summed E-state index contributed by atoms with van der Waals surface area (Å²) in [5.41, 5.74) is 4.56. The lowest BCUT2D eigenvalue weighted by atomic mass is 10.1. The zero-order valence-electron chi connectivity index (χ0n) is 19.0. The Morgan fingerprint density at radius 1 is 1.12 bits per heavy atom. The van der Waals surface area contributed by atoms with Crippen LogP contribution in [0.1, 0.15) is 22.8 Å². The normalized spacial score (nSPS) is 10.9. The first-order chi connectivity index (χ1) is 16.4. The van der Waals surface area contributed by atoms with Gasteiger partial charge in [0.05, 0.1) is 23.4 Å². The number of hydrogen-bond acceptors (Lipinski definition) is 7. The maximum Gasteiger partial charge on any atom is 0.338 e. The molecule has 0 bridgehead atoms. The predicted molar refractivity (Wildman–Crippen MR) is 137 cm³/mol. The number of aryl methyl sites for hydroxylation is 1. The van der Waals surface area contributed by atoms with Crippen LogP contribution in [0.2, 0.25) is 0 Å². The van der Waals surface area contributed by atoms with Crippen molar-refractivity contribution in [3.63, 3.8) is 0 Å². The number of thioether (sulfide) groups is 1. The van der Waals surface area contributed by atoms with Gasteiger partial charge in [0.15, 0.2) is 5.16 Å². The van der Waals surface area contributed by atoms with E-state index in [1.807, 2.05) is 36.6 Å². The molecule has 0 fully saturated rings. The molecule has 0 spiro atoms. The zero-order valence-corrected chi connectivity index (χ0v) is 20.6. The van der Waals surface area contributed by atoms with Crippen molar-refractivity contribution in [1.82, 2.24) is 9.55 Å². The van der Waals surface area contributed by atoms with Crippen LogP contribution in [0.5, 0.6) is 0 Å². The highest BCUT2D eigenvalue weighted by atomic mass is 32.2. The Balaban J connectivity index is 1.49. The molecule has 2 heterocycles. The first-order valence-electron chi connectivity index (χ1n) is 10.6. The molecular weight excluding hydrogens is 470 g/mol. The third-order valence-corrected chi connectivity index (χ3v) is 7.12. The van der Waals surface area contributed by atoms with Crippen molar-refractivity contribution in [2.24, 2.45) is 7.05 Å². The molecule has 174 valence electrons. The summed E-state index contributed by atoms with van der Waals surface area (Å²) in [7, 11) is 1.66. The molecule has 0 atom stereocenters. The number of anilines is 1. The molecule has 0 saturated carbocycles. The second-order valence-corrected chi connectivity index (χ2v) is 9.41. The maximum atomic E-state index is 12.9. The standard InChI is InChI=1S/C25H23N3O4S2/c1-4-32-24(31)17-9-11-18(12-10-17)26-20(29)14-34-25-27-21-19(16-7-5-15(2)6-8-16)13-33-22(21)23(30)28(25)3/h5-13H,4,14H2,1-3H3,(H,26,29). The number of aromatic nitrogens is 2. The molecule has 1 amide bonds. The number of esters is 1. The summed E-state index contributed by atoms with van der Waals surface area (Å²) in [6, 6.07) is 14.6. The lowest BCUT2D eigenvalue weighted by molar-refractivity contribution is -0.113. The molecule has 0 saturated heterocycles. The van der Waals surface area contributed by atoms with E-state index in [4.69, 9.17) is 9.72 Å². The number of fused-ring (bicyclic) bond motifs is 1. The number of ether oxygens (including phenoxy) is 1. The maximum absolute atomic E-state index is 12.9. The molecule has 2 aromatic heterocycles. The largest absolute Gasteiger partial charge is 0.462 e. The van der Waals surface area contributed by atoms with E-state index in [2.05, 4.69) is 5.32 Å². The van der Waals surface area contributed by atoms with E-state index in [9.17, 15) is 14.4 Å². The van der Waals surface area contributed by atoms with Gasteiger partial charge in [0.25, 0.3) is 5.56 Å². The fraction of sp³-hybridized carbons (Fsp3) is 0.200. The fourth-order valence-electron chi connectivity index (χ4n) is 3.32. The average molecular weight is 494 g/mol. The Hall–Kier alpha value is -3.43. The van der Waals surface area contributed by atoms with E-state index in [1.54, 1.807) is 38.2 Å². The van der Waals surface area contributed by atoms with Crippen molar-refractivity contribution in [2.75, 3.05) is 17.7 Å². The van der Waals surface area contributed by atoms with Crippen molar-refractivity contribution >= 4 is 50.9 Å². The lowest BCUT2D eigenvalue weighted by Crippen LogP contribution is -2.20. The van der Waals surface area contributed by atoms with Gasteiger partial charge in [0.2, 0.25) is 5.91 Å². The third-order valence-electron chi connectivity index (χ3n) is 5.13. The average Bonchev–Trinajstić information content (AvgIpc) is 3.25. The fourth-order valence-corrected chi connectivity index (χ4v) is 5.08. The van der Waals surface area contributed by atoms with E-state index < -0.39 is 5.97 Å². The van der Waals surface area contributed by atoms with Crippen LogP contribution in [0.15, 0.2) is 63.9 Å². The molecule has 0 radical (unpaired) electrons. The number of nitrogens with zero attached hydrogens (tertiary/aromatic N) is 2. The van der Waals surface area contributed by atoms with Gasteiger partial charge in [0.1, 0.15) is 4.70 Å². The van der Waals surface area contributed by atoms with Gasteiger partial charge in [-0.25, -0.2) is 9.78 Å². The number of carbonyl (C=O) groups excluding carboxylic acids is 2.